The summed E-state index contributed by atoms with van der Waals surface area (Å²) in [6, 6.07) is 20.8. The molecule has 1 aliphatic carbocycles. The molecule has 0 radical (unpaired) electrons. The van der Waals surface area contributed by atoms with E-state index in [1.54, 1.807) is 0 Å². The van der Waals surface area contributed by atoms with Gasteiger partial charge in [-0.1, -0.05) is 60.7 Å². The normalized spacial score (nSPS) is 16.8. The molecule has 0 aliphatic heterocycles. The average Bonchev–Trinajstić information content (AvgIpc) is 3.37. The van der Waals surface area contributed by atoms with E-state index in [4.69, 9.17) is 0 Å². The fraction of sp³-hybridized carbons (Fsp3) is 0.350. The third-order valence-electron chi connectivity index (χ3n) is 4.60. The Morgan fingerprint density at radius 1 is 1.05 bits per heavy atom. The Hall–Kier alpha value is -2.09. The minimum absolute atomic E-state index is 0.194. The van der Waals surface area contributed by atoms with Crippen LogP contribution in [0.15, 0.2) is 60.7 Å². The van der Waals surface area contributed by atoms with Crippen LogP contribution in [0, 0.1) is 0 Å². The van der Waals surface area contributed by atoms with Gasteiger partial charge in [0, 0.05) is 6.04 Å². The van der Waals surface area contributed by atoms with Crippen LogP contribution in [0.3, 0.4) is 0 Å². The Bertz CT molecular complexity index is 617. The number of aryl methyl sites for hydroxylation is 1. The quantitative estimate of drug-likeness (QED) is 0.861. The number of hydrogen-bond donors (Lipinski definition) is 1. The Kier molecular flexibility index (Phi) is 4.28. The van der Waals surface area contributed by atoms with Gasteiger partial charge in [-0.15, -0.1) is 0 Å². The van der Waals surface area contributed by atoms with Gasteiger partial charge in [0.2, 0.25) is 5.91 Å². The molecule has 0 saturated heterocycles. The lowest BCUT2D eigenvalue weighted by Gasteiger charge is -2.20. The van der Waals surface area contributed by atoms with Crippen LogP contribution in [0.2, 0.25) is 0 Å². The van der Waals surface area contributed by atoms with Crippen molar-refractivity contribution in [1.29, 1.82) is 0 Å². The third-order valence-corrected chi connectivity index (χ3v) is 4.60. The Morgan fingerprint density at radius 2 is 1.64 bits per heavy atom. The van der Waals surface area contributed by atoms with Crippen LogP contribution in [0.5, 0.6) is 0 Å². The molecule has 0 bridgehead atoms. The molecule has 1 atom stereocenters. The minimum Gasteiger partial charge on any atom is -0.353 e. The summed E-state index contributed by atoms with van der Waals surface area (Å²) in [5.74, 6) is 0.194. The van der Waals surface area contributed by atoms with Crippen LogP contribution in [0.1, 0.15) is 37.3 Å². The van der Waals surface area contributed by atoms with Crippen molar-refractivity contribution in [2.24, 2.45) is 0 Å². The Morgan fingerprint density at radius 3 is 2.23 bits per heavy atom. The van der Waals surface area contributed by atoms with E-state index in [9.17, 15) is 4.79 Å². The van der Waals surface area contributed by atoms with Gasteiger partial charge in [-0.2, -0.15) is 0 Å². The van der Waals surface area contributed by atoms with Gasteiger partial charge in [-0.3, -0.25) is 4.79 Å². The predicted molar refractivity (Wildman–Crippen MR) is 89.7 cm³/mol. The van der Waals surface area contributed by atoms with Crippen LogP contribution in [-0.2, 0) is 16.6 Å². The van der Waals surface area contributed by atoms with E-state index in [1.165, 1.54) is 5.56 Å². The van der Waals surface area contributed by atoms with Gasteiger partial charge < -0.3 is 5.32 Å². The van der Waals surface area contributed by atoms with E-state index in [0.717, 1.165) is 31.2 Å². The van der Waals surface area contributed by atoms with E-state index in [1.807, 2.05) is 24.3 Å². The molecule has 114 valence electrons. The zero-order chi connectivity index (χ0) is 15.4. The molecule has 0 aromatic heterocycles. The topological polar surface area (TPSA) is 29.1 Å². The van der Waals surface area contributed by atoms with Crippen molar-refractivity contribution >= 4 is 5.91 Å². The van der Waals surface area contributed by atoms with Crippen molar-refractivity contribution < 1.29 is 4.79 Å². The predicted octanol–water partition coefficient (Wildman–Crippen LogP) is 3.86. The molecule has 1 unspecified atom stereocenters. The maximum atomic E-state index is 12.6. The van der Waals surface area contributed by atoms with Crippen LogP contribution < -0.4 is 5.32 Å². The van der Waals surface area contributed by atoms with Gasteiger partial charge in [0.05, 0.1) is 5.41 Å². The molecule has 2 nitrogen and oxygen atoms in total. The Balaban J connectivity index is 1.55. The number of rotatable bonds is 6. The maximum Gasteiger partial charge on any atom is 0.230 e. The summed E-state index contributed by atoms with van der Waals surface area (Å²) in [6.45, 7) is 2.10. The van der Waals surface area contributed by atoms with Crippen molar-refractivity contribution in [3.63, 3.8) is 0 Å². The average molecular weight is 293 g/mol. The molecule has 0 heterocycles. The maximum absolute atomic E-state index is 12.6. The molecule has 1 saturated carbocycles. The number of hydrogen-bond acceptors (Lipinski definition) is 1. The summed E-state index contributed by atoms with van der Waals surface area (Å²) in [4.78, 5) is 12.6. The summed E-state index contributed by atoms with van der Waals surface area (Å²) < 4.78 is 0. The van der Waals surface area contributed by atoms with Crippen LogP contribution in [-0.4, -0.2) is 11.9 Å². The standard InChI is InChI=1S/C20H23NO/c1-16(12-13-17-8-4-2-5-9-17)21-19(22)20(14-15-20)18-10-6-3-7-11-18/h2-11,16H,12-15H2,1H3,(H,21,22). The first-order chi connectivity index (χ1) is 10.7. The lowest BCUT2D eigenvalue weighted by Crippen LogP contribution is -2.40. The monoisotopic (exact) mass is 293 g/mol. The molecular formula is C20H23NO. The highest BCUT2D eigenvalue weighted by atomic mass is 16.2. The second kappa shape index (κ2) is 6.35. The highest BCUT2D eigenvalue weighted by Crippen LogP contribution is 2.48. The summed E-state index contributed by atoms with van der Waals surface area (Å²) in [6.07, 6.45) is 3.91. The summed E-state index contributed by atoms with van der Waals surface area (Å²) >= 11 is 0. The summed E-state index contributed by atoms with van der Waals surface area (Å²) in [5, 5.41) is 3.21. The van der Waals surface area contributed by atoms with Gasteiger partial charge in [-0.05, 0) is 43.7 Å². The van der Waals surface area contributed by atoms with Gasteiger partial charge in [0.25, 0.3) is 0 Å². The second-order valence-electron chi connectivity index (χ2n) is 6.35. The summed E-state index contributed by atoms with van der Waals surface area (Å²) in [7, 11) is 0. The van der Waals surface area contributed by atoms with Crippen molar-refractivity contribution in [1.82, 2.24) is 5.32 Å². The highest BCUT2D eigenvalue weighted by molar-refractivity contribution is 5.91. The third kappa shape index (κ3) is 3.22. The van der Waals surface area contributed by atoms with E-state index >= 15 is 0 Å². The van der Waals surface area contributed by atoms with E-state index < -0.39 is 0 Å². The van der Waals surface area contributed by atoms with E-state index in [2.05, 4.69) is 48.6 Å². The number of amides is 1. The molecule has 0 spiro atoms. The first-order valence-corrected chi connectivity index (χ1v) is 8.11. The summed E-state index contributed by atoms with van der Waals surface area (Å²) in [5.41, 5.74) is 2.22. The molecule has 22 heavy (non-hydrogen) atoms. The van der Waals surface area contributed by atoms with E-state index in [-0.39, 0.29) is 17.4 Å². The van der Waals surface area contributed by atoms with E-state index in [0.29, 0.717) is 0 Å². The molecule has 1 fully saturated rings. The molecule has 2 heteroatoms. The molecule has 1 aliphatic rings. The molecule has 1 amide bonds. The van der Waals surface area contributed by atoms with Crippen LogP contribution in [0.25, 0.3) is 0 Å². The number of benzene rings is 2. The second-order valence-corrected chi connectivity index (χ2v) is 6.35. The first kappa shape index (κ1) is 14.8. The molecule has 2 aromatic rings. The molecule has 2 aromatic carbocycles. The van der Waals surface area contributed by atoms with Crippen LogP contribution >= 0.6 is 0 Å². The highest BCUT2D eigenvalue weighted by Gasteiger charge is 2.51. The molecule has 3 rings (SSSR count). The zero-order valence-corrected chi connectivity index (χ0v) is 13.1. The largest absolute Gasteiger partial charge is 0.353 e. The fourth-order valence-corrected chi connectivity index (χ4v) is 2.99. The smallest absolute Gasteiger partial charge is 0.230 e. The zero-order valence-electron chi connectivity index (χ0n) is 13.1. The van der Waals surface area contributed by atoms with Crippen LogP contribution in [0.4, 0.5) is 0 Å². The van der Waals surface area contributed by atoms with Crippen molar-refractivity contribution in [2.45, 2.75) is 44.1 Å². The number of nitrogens with one attached hydrogen (secondary N) is 1. The first-order valence-electron chi connectivity index (χ1n) is 8.11. The van der Waals surface area contributed by atoms with Crippen molar-refractivity contribution in [3.05, 3.63) is 71.8 Å². The molecular weight excluding hydrogens is 270 g/mol. The minimum atomic E-state index is -0.262. The van der Waals surface area contributed by atoms with Gasteiger partial charge in [0.15, 0.2) is 0 Å². The number of carbonyl (C=O) groups is 1. The van der Waals surface area contributed by atoms with Gasteiger partial charge >= 0.3 is 0 Å². The van der Waals surface area contributed by atoms with Gasteiger partial charge in [-0.25, -0.2) is 0 Å². The number of carbonyl (C=O) groups excluding carboxylic acids is 1. The van der Waals surface area contributed by atoms with Gasteiger partial charge in [0.1, 0.15) is 0 Å². The van der Waals surface area contributed by atoms with Crippen molar-refractivity contribution in [3.8, 4) is 0 Å². The SMILES string of the molecule is CC(CCc1ccccc1)NC(=O)C1(c2ccccc2)CC1. The lowest BCUT2D eigenvalue weighted by atomic mass is 9.94. The molecule has 1 N–H and O–H groups in total. The Labute approximate surface area is 132 Å². The lowest BCUT2D eigenvalue weighted by molar-refractivity contribution is -0.124. The van der Waals surface area contributed by atoms with Crippen molar-refractivity contribution in [2.75, 3.05) is 0 Å². The fourth-order valence-electron chi connectivity index (χ4n) is 2.99.